The molecule has 0 aliphatic carbocycles. The van der Waals surface area contributed by atoms with Crippen molar-refractivity contribution in [2.45, 2.75) is 11.3 Å². The van der Waals surface area contributed by atoms with Gasteiger partial charge in [-0.3, -0.25) is 4.72 Å². The van der Waals surface area contributed by atoms with Gasteiger partial charge in [0.2, 0.25) is 0 Å². The number of ether oxygens (including phenoxy) is 1. The number of sulfonamides is 1. The predicted molar refractivity (Wildman–Crippen MR) is 120 cm³/mol. The number of hydrogen-bond donors (Lipinski definition) is 1. The summed E-state index contributed by atoms with van der Waals surface area (Å²) in [6.45, 7) is 4.38. The maximum absolute atomic E-state index is 13.1. The smallest absolute Gasteiger partial charge is 0.261 e. The summed E-state index contributed by atoms with van der Waals surface area (Å²) in [5, 5.41) is 1.92. The largest absolute Gasteiger partial charge is 0.491 e. The van der Waals surface area contributed by atoms with Crippen LogP contribution in [0.5, 0.6) is 5.75 Å². The zero-order chi connectivity index (χ0) is 20.7. The van der Waals surface area contributed by atoms with E-state index in [0.29, 0.717) is 12.3 Å². The molecule has 0 amide bonds. The van der Waals surface area contributed by atoms with Crippen molar-refractivity contribution in [3.05, 3.63) is 60.2 Å². The maximum atomic E-state index is 13.1. The fourth-order valence-electron chi connectivity index (χ4n) is 4.18. The van der Waals surface area contributed by atoms with Crippen molar-refractivity contribution in [2.24, 2.45) is 0 Å². The number of nitrogens with zero attached hydrogens (tertiary/aromatic N) is 2. The number of likely N-dealkylation sites (N-methyl/N-ethyl adjacent to an activating group) is 1. The minimum absolute atomic E-state index is 0.263. The molecular weight excluding hydrogens is 398 g/mol. The fourth-order valence-corrected chi connectivity index (χ4v) is 5.25. The van der Waals surface area contributed by atoms with Gasteiger partial charge in [-0.25, -0.2) is 8.42 Å². The molecule has 3 aromatic carbocycles. The summed E-state index contributed by atoms with van der Waals surface area (Å²) in [6.07, 6.45) is 0.793. The summed E-state index contributed by atoms with van der Waals surface area (Å²) < 4.78 is 34.9. The average Bonchev–Trinajstić information content (AvgIpc) is 3.22. The number of anilines is 2. The molecular formula is C23H25N3O3S. The first-order chi connectivity index (χ1) is 14.5. The van der Waals surface area contributed by atoms with Crippen LogP contribution in [0.2, 0.25) is 0 Å². The molecule has 0 bridgehead atoms. The number of hydrogen-bond acceptors (Lipinski definition) is 5. The van der Waals surface area contributed by atoms with Crippen LogP contribution in [-0.4, -0.2) is 53.2 Å². The number of piperazine rings is 1. The lowest BCUT2D eigenvalue weighted by Gasteiger charge is -2.35. The summed E-state index contributed by atoms with van der Waals surface area (Å²) in [7, 11) is -1.58. The van der Waals surface area contributed by atoms with Crippen molar-refractivity contribution in [1.82, 2.24) is 4.90 Å². The van der Waals surface area contributed by atoms with Gasteiger partial charge in [0.15, 0.2) is 0 Å². The van der Waals surface area contributed by atoms with Crippen LogP contribution in [0.1, 0.15) is 5.56 Å². The van der Waals surface area contributed by atoms with Crippen LogP contribution in [0.25, 0.3) is 10.8 Å². The molecule has 3 aromatic rings. The van der Waals surface area contributed by atoms with Crippen molar-refractivity contribution in [2.75, 3.05) is 49.5 Å². The Labute approximate surface area is 177 Å². The lowest BCUT2D eigenvalue weighted by molar-refractivity contribution is 0.309. The molecule has 2 aliphatic heterocycles. The molecule has 0 aromatic heterocycles. The Hall–Kier alpha value is -2.77. The topological polar surface area (TPSA) is 61.9 Å². The van der Waals surface area contributed by atoms with Gasteiger partial charge in [0.25, 0.3) is 10.0 Å². The first-order valence-corrected chi connectivity index (χ1v) is 11.7. The Balaban J connectivity index is 1.48. The Bertz CT molecular complexity index is 1200. The number of nitrogens with one attached hydrogen (secondary N) is 1. The Morgan fingerprint density at radius 3 is 2.50 bits per heavy atom. The van der Waals surface area contributed by atoms with Crippen LogP contribution in [0.4, 0.5) is 11.4 Å². The van der Waals surface area contributed by atoms with Gasteiger partial charge in [-0.1, -0.05) is 30.3 Å². The maximum Gasteiger partial charge on any atom is 0.261 e. The molecule has 0 saturated carbocycles. The standard InChI is InChI=1S/C23H25N3O3S/c1-25-9-11-26(12-10-25)22-16-20(14-19-8-13-29-23(19)22)24-30(27,28)21-7-6-17-4-2-3-5-18(17)15-21/h2-7,14-16,24H,8-13H2,1H3. The predicted octanol–water partition coefficient (Wildman–Crippen LogP) is 3.33. The molecule has 30 heavy (non-hydrogen) atoms. The van der Waals surface area contributed by atoms with Gasteiger partial charge in [-0.2, -0.15) is 0 Å². The fraction of sp³-hybridized carbons (Fsp3) is 0.304. The molecule has 2 aliphatic rings. The van der Waals surface area contributed by atoms with Gasteiger partial charge >= 0.3 is 0 Å². The van der Waals surface area contributed by atoms with Gasteiger partial charge < -0.3 is 14.5 Å². The minimum atomic E-state index is -3.70. The molecule has 1 N–H and O–H groups in total. The normalized spacial score (nSPS) is 17.0. The van der Waals surface area contributed by atoms with Crippen molar-refractivity contribution >= 4 is 32.2 Å². The summed E-state index contributed by atoms with van der Waals surface area (Å²) in [5.41, 5.74) is 2.62. The SMILES string of the molecule is CN1CCN(c2cc(NS(=O)(=O)c3ccc4ccccc4c3)cc3c2OCC3)CC1. The van der Waals surface area contributed by atoms with Crippen LogP contribution < -0.4 is 14.4 Å². The van der Waals surface area contributed by atoms with Crippen LogP contribution in [0.15, 0.2) is 59.5 Å². The van der Waals surface area contributed by atoms with E-state index in [2.05, 4.69) is 21.6 Å². The van der Waals surface area contributed by atoms with Gasteiger partial charge in [0.05, 0.1) is 22.9 Å². The average molecular weight is 424 g/mol. The zero-order valence-electron chi connectivity index (χ0n) is 17.0. The lowest BCUT2D eigenvalue weighted by atomic mass is 10.1. The van der Waals surface area contributed by atoms with Gasteiger partial charge in [0.1, 0.15) is 5.75 Å². The molecule has 0 unspecified atom stereocenters. The molecule has 5 rings (SSSR count). The third-order valence-corrected chi connectivity index (χ3v) is 7.27. The van der Waals surface area contributed by atoms with Crippen LogP contribution in [0.3, 0.4) is 0 Å². The highest BCUT2D eigenvalue weighted by Gasteiger charge is 2.25. The molecule has 156 valence electrons. The number of rotatable bonds is 4. The van der Waals surface area contributed by atoms with Crippen LogP contribution >= 0.6 is 0 Å². The lowest BCUT2D eigenvalue weighted by Crippen LogP contribution is -2.44. The molecule has 1 fully saturated rings. The van der Waals surface area contributed by atoms with E-state index in [1.54, 1.807) is 12.1 Å². The zero-order valence-corrected chi connectivity index (χ0v) is 17.8. The molecule has 2 heterocycles. The minimum Gasteiger partial charge on any atom is -0.491 e. The quantitative estimate of drug-likeness (QED) is 0.698. The van der Waals surface area contributed by atoms with Crippen molar-refractivity contribution in [3.63, 3.8) is 0 Å². The molecule has 7 heteroatoms. The second-order valence-corrected chi connectivity index (χ2v) is 9.67. The summed E-state index contributed by atoms with van der Waals surface area (Å²) in [4.78, 5) is 4.85. The monoisotopic (exact) mass is 423 g/mol. The first kappa shape index (κ1) is 19.2. The Morgan fingerprint density at radius 1 is 0.933 bits per heavy atom. The number of benzene rings is 3. The first-order valence-electron chi connectivity index (χ1n) is 10.2. The van der Waals surface area contributed by atoms with E-state index in [-0.39, 0.29) is 4.90 Å². The molecule has 0 atom stereocenters. The third-order valence-electron chi connectivity index (χ3n) is 5.89. The highest BCUT2D eigenvalue weighted by Crippen LogP contribution is 2.40. The summed E-state index contributed by atoms with van der Waals surface area (Å²) >= 11 is 0. The summed E-state index contributed by atoms with van der Waals surface area (Å²) in [5.74, 6) is 0.896. The number of fused-ring (bicyclic) bond motifs is 2. The summed E-state index contributed by atoms with van der Waals surface area (Å²) in [6, 6.07) is 16.8. The van der Waals surface area contributed by atoms with Crippen molar-refractivity contribution in [1.29, 1.82) is 0 Å². The Kier molecular flexibility index (Phi) is 4.79. The highest BCUT2D eigenvalue weighted by atomic mass is 32.2. The van der Waals surface area contributed by atoms with E-state index in [9.17, 15) is 8.42 Å². The van der Waals surface area contributed by atoms with Crippen molar-refractivity contribution in [3.8, 4) is 5.75 Å². The van der Waals surface area contributed by atoms with E-state index >= 15 is 0 Å². The van der Waals surface area contributed by atoms with E-state index in [1.165, 1.54) is 0 Å². The van der Waals surface area contributed by atoms with Gasteiger partial charge in [0, 0.05) is 38.2 Å². The van der Waals surface area contributed by atoms with Crippen LogP contribution in [-0.2, 0) is 16.4 Å². The van der Waals surface area contributed by atoms with Crippen LogP contribution in [0, 0.1) is 0 Å². The molecule has 0 radical (unpaired) electrons. The van der Waals surface area contributed by atoms with E-state index < -0.39 is 10.0 Å². The molecule has 1 saturated heterocycles. The van der Waals surface area contributed by atoms with Crippen molar-refractivity contribution < 1.29 is 13.2 Å². The second-order valence-electron chi connectivity index (χ2n) is 7.99. The van der Waals surface area contributed by atoms with E-state index in [1.807, 2.05) is 42.5 Å². The third kappa shape index (κ3) is 3.59. The highest BCUT2D eigenvalue weighted by molar-refractivity contribution is 7.92. The molecule has 0 spiro atoms. The van der Waals surface area contributed by atoms with Gasteiger partial charge in [-0.05, 0) is 42.1 Å². The van der Waals surface area contributed by atoms with E-state index in [0.717, 1.165) is 60.4 Å². The Morgan fingerprint density at radius 2 is 1.70 bits per heavy atom. The molecule has 6 nitrogen and oxygen atoms in total. The second kappa shape index (κ2) is 7.49. The van der Waals surface area contributed by atoms with E-state index in [4.69, 9.17) is 4.74 Å². The van der Waals surface area contributed by atoms with Gasteiger partial charge in [-0.15, -0.1) is 0 Å².